The van der Waals surface area contributed by atoms with Crippen LogP contribution >= 0.6 is 11.3 Å². The molecule has 11 heteroatoms. The minimum Gasteiger partial charge on any atom is -0.352 e. The van der Waals surface area contributed by atoms with Crippen molar-refractivity contribution in [3.63, 3.8) is 0 Å². The molecule has 1 atom stereocenters. The molecule has 1 radical (unpaired) electrons. The van der Waals surface area contributed by atoms with E-state index >= 15 is 0 Å². The van der Waals surface area contributed by atoms with E-state index in [9.17, 15) is 19.7 Å². The Labute approximate surface area is 168 Å². The molecule has 1 rings (SSSR count). The second kappa shape index (κ2) is 12.7. The molecule has 0 aromatic carbocycles. The number of hydrazine groups is 1. The third kappa shape index (κ3) is 10.5. The number of amides is 2. The summed E-state index contributed by atoms with van der Waals surface area (Å²) in [5, 5.41) is 28.5. The van der Waals surface area contributed by atoms with E-state index in [0.29, 0.717) is 25.2 Å². The predicted octanol–water partition coefficient (Wildman–Crippen LogP) is 1.19. The minimum atomic E-state index is -0.833. The number of rotatable bonds is 12. The van der Waals surface area contributed by atoms with Gasteiger partial charge >= 0.3 is 0 Å². The Morgan fingerprint density at radius 2 is 2.14 bits per heavy atom. The van der Waals surface area contributed by atoms with Crippen molar-refractivity contribution in [1.29, 1.82) is 5.41 Å². The van der Waals surface area contributed by atoms with Gasteiger partial charge < -0.3 is 16.0 Å². The molecule has 155 valence electrons. The lowest BCUT2D eigenvalue weighted by atomic mass is 10.1. The molecule has 0 aliphatic carbocycles. The number of nitrogens with one attached hydrogen (secondary N) is 5. The number of thiophene rings is 1. The molecule has 0 saturated carbocycles. The molecular weight excluding hydrogens is 384 g/mol. The van der Waals surface area contributed by atoms with Gasteiger partial charge in [-0.05, 0) is 47.6 Å². The number of guanidine groups is 1. The lowest BCUT2D eigenvalue weighted by molar-refractivity contribution is -0.525. The summed E-state index contributed by atoms with van der Waals surface area (Å²) in [7, 11) is 0. The SMILES string of the molecule is CC(C)C[CH]NC(=O)[C@H](CCCNC(=N)N[N+](=O)[O-])NC(=O)Cc1ccsc1. The summed E-state index contributed by atoms with van der Waals surface area (Å²) in [5.41, 5.74) is 2.57. The second-order valence-electron chi connectivity index (χ2n) is 6.58. The summed E-state index contributed by atoms with van der Waals surface area (Å²) in [6.07, 6.45) is 1.67. The fraction of sp³-hybridized carbons (Fsp3) is 0.529. The van der Waals surface area contributed by atoms with Crippen LogP contribution in [0.15, 0.2) is 16.8 Å². The Hall–Kier alpha value is -2.69. The molecule has 5 N–H and O–H groups in total. The highest BCUT2D eigenvalue weighted by molar-refractivity contribution is 7.08. The Kier molecular flexibility index (Phi) is 10.6. The van der Waals surface area contributed by atoms with E-state index in [0.717, 1.165) is 5.56 Å². The van der Waals surface area contributed by atoms with Crippen LogP contribution in [0.5, 0.6) is 0 Å². The zero-order valence-electron chi connectivity index (χ0n) is 16.0. The largest absolute Gasteiger partial charge is 0.352 e. The molecule has 0 aliphatic heterocycles. The quantitative estimate of drug-likeness (QED) is 0.115. The van der Waals surface area contributed by atoms with Gasteiger partial charge in [0.2, 0.25) is 11.8 Å². The maximum atomic E-state index is 12.4. The lowest BCUT2D eigenvalue weighted by Gasteiger charge is -2.19. The fourth-order valence-electron chi connectivity index (χ4n) is 2.24. The molecule has 1 heterocycles. The number of hydrogen-bond acceptors (Lipinski definition) is 6. The Bertz CT molecular complexity index is 650. The van der Waals surface area contributed by atoms with Crippen molar-refractivity contribution >= 4 is 29.1 Å². The van der Waals surface area contributed by atoms with Crippen molar-refractivity contribution in [3.05, 3.63) is 39.0 Å². The highest BCUT2D eigenvalue weighted by Gasteiger charge is 2.20. The van der Waals surface area contributed by atoms with Crippen molar-refractivity contribution in [2.24, 2.45) is 5.92 Å². The van der Waals surface area contributed by atoms with Gasteiger partial charge in [0.1, 0.15) is 6.04 Å². The van der Waals surface area contributed by atoms with Gasteiger partial charge in [0.15, 0.2) is 5.03 Å². The summed E-state index contributed by atoms with van der Waals surface area (Å²) in [5.74, 6) is -0.593. The van der Waals surface area contributed by atoms with Gasteiger partial charge in [-0.1, -0.05) is 19.3 Å². The highest BCUT2D eigenvalue weighted by atomic mass is 32.1. The van der Waals surface area contributed by atoms with Crippen molar-refractivity contribution in [2.75, 3.05) is 6.54 Å². The first-order valence-corrected chi connectivity index (χ1v) is 9.88. The predicted molar refractivity (Wildman–Crippen MR) is 107 cm³/mol. The molecule has 10 nitrogen and oxygen atoms in total. The standard InChI is InChI=1S/C17H27N6O4S/c1-12(2)5-8-19-16(25)14(4-3-7-20-17(18)22-23(26)27)21-15(24)10-13-6-9-28-11-13/h6,8-9,11-12,14H,3-5,7,10H2,1-2H3,(H,19,25)(H,21,24)(H3,18,20,22)/t14-/m0/s1. The zero-order valence-corrected chi connectivity index (χ0v) is 16.8. The third-order valence-electron chi connectivity index (χ3n) is 3.60. The van der Waals surface area contributed by atoms with E-state index < -0.39 is 17.0 Å². The Morgan fingerprint density at radius 3 is 2.75 bits per heavy atom. The normalized spacial score (nSPS) is 11.5. The van der Waals surface area contributed by atoms with Crippen LogP contribution in [0.25, 0.3) is 0 Å². The monoisotopic (exact) mass is 411 g/mol. The third-order valence-corrected chi connectivity index (χ3v) is 4.34. The molecule has 0 unspecified atom stereocenters. The first-order valence-electron chi connectivity index (χ1n) is 8.94. The van der Waals surface area contributed by atoms with Gasteiger partial charge in [0, 0.05) is 13.1 Å². The molecule has 28 heavy (non-hydrogen) atoms. The summed E-state index contributed by atoms with van der Waals surface area (Å²) < 4.78 is 0. The van der Waals surface area contributed by atoms with E-state index in [1.807, 2.05) is 30.7 Å². The molecule has 0 spiro atoms. The highest BCUT2D eigenvalue weighted by Crippen LogP contribution is 2.07. The van der Waals surface area contributed by atoms with E-state index in [-0.39, 0.29) is 24.8 Å². The molecule has 2 amide bonds. The molecule has 0 saturated heterocycles. The van der Waals surface area contributed by atoms with Crippen LogP contribution in [-0.4, -0.2) is 35.4 Å². The van der Waals surface area contributed by atoms with Gasteiger partial charge in [-0.2, -0.15) is 11.3 Å². The van der Waals surface area contributed by atoms with Crippen LogP contribution in [0.3, 0.4) is 0 Å². The maximum absolute atomic E-state index is 12.4. The van der Waals surface area contributed by atoms with Gasteiger partial charge in [-0.25, -0.2) is 10.1 Å². The van der Waals surface area contributed by atoms with Crippen molar-refractivity contribution in [2.45, 2.75) is 45.6 Å². The molecule has 0 bridgehead atoms. The molecule has 1 aromatic heterocycles. The van der Waals surface area contributed by atoms with Gasteiger partial charge in [0.05, 0.1) is 6.42 Å². The van der Waals surface area contributed by atoms with Crippen LogP contribution < -0.4 is 21.4 Å². The summed E-state index contributed by atoms with van der Waals surface area (Å²) in [6, 6.07) is 1.13. The Balaban J connectivity index is 2.51. The number of carbonyl (C=O) groups excluding carboxylic acids is 2. The number of hydrogen-bond donors (Lipinski definition) is 5. The van der Waals surface area contributed by atoms with Gasteiger partial charge in [0.25, 0.3) is 5.96 Å². The second-order valence-corrected chi connectivity index (χ2v) is 7.36. The van der Waals surface area contributed by atoms with Crippen molar-refractivity contribution in [1.82, 2.24) is 21.4 Å². The average Bonchev–Trinajstić information content (AvgIpc) is 3.09. The van der Waals surface area contributed by atoms with E-state index in [1.54, 1.807) is 12.0 Å². The van der Waals surface area contributed by atoms with Crippen LogP contribution in [0, 0.1) is 28.0 Å². The van der Waals surface area contributed by atoms with Gasteiger partial charge in [-0.15, -0.1) is 0 Å². The van der Waals surface area contributed by atoms with E-state index in [2.05, 4.69) is 16.0 Å². The first kappa shape index (κ1) is 23.3. The Morgan fingerprint density at radius 1 is 1.39 bits per heavy atom. The minimum absolute atomic E-state index is 0.193. The fourth-order valence-corrected chi connectivity index (χ4v) is 2.91. The van der Waals surface area contributed by atoms with Crippen LogP contribution in [0.2, 0.25) is 0 Å². The first-order chi connectivity index (χ1) is 13.3. The summed E-state index contributed by atoms with van der Waals surface area (Å²) in [4.78, 5) is 34.9. The summed E-state index contributed by atoms with van der Waals surface area (Å²) in [6.45, 7) is 5.99. The smallest absolute Gasteiger partial charge is 0.251 e. The van der Waals surface area contributed by atoms with Crippen molar-refractivity contribution < 1.29 is 14.6 Å². The van der Waals surface area contributed by atoms with Crippen molar-refractivity contribution in [3.8, 4) is 0 Å². The average molecular weight is 412 g/mol. The molecule has 1 aromatic rings. The maximum Gasteiger partial charge on any atom is 0.251 e. The lowest BCUT2D eigenvalue weighted by Crippen LogP contribution is -2.47. The number of carbonyl (C=O) groups is 2. The van der Waals surface area contributed by atoms with E-state index in [4.69, 9.17) is 5.41 Å². The number of nitrogens with zero attached hydrogens (tertiary/aromatic N) is 1. The van der Waals surface area contributed by atoms with Crippen LogP contribution in [0.1, 0.15) is 38.7 Å². The topological polar surface area (TPSA) is 149 Å². The molecule has 0 fully saturated rings. The van der Waals surface area contributed by atoms with Crippen LogP contribution in [0.4, 0.5) is 0 Å². The molecule has 0 aliphatic rings. The van der Waals surface area contributed by atoms with E-state index in [1.165, 1.54) is 11.3 Å². The molecular formula is C17H27N6O4S. The summed E-state index contributed by atoms with van der Waals surface area (Å²) >= 11 is 1.50. The van der Waals surface area contributed by atoms with Gasteiger partial charge in [-0.3, -0.25) is 15.0 Å². The van der Waals surface area contributed by atoms with Crippen LogP contribution in [-0.2, 0) is 16.0 Å². The number of nitro groups is 1. The zero-order chi connectivity index (χ0) is 20.9.